The molecular weight excluding hydrogens is 474 g/mol. The summed E-state index contributed by atoms with van der Waals surface area (Å²) in [6.07, 6.45) is 3.39. The van der Waals surface area contributed by atoms with E-state index in [1.165, 1.54) is 12.3 Å². The minimum absolute atomic E-state index is 0.128. The van der Waals surface area contributed by atoms with Crippen molar-refractivity contribution in [3.8, 4) is 22.9 Å². The lowest BCUT2D eigenvalue weighted by Crippen LogP contribution is -2.38. The van der Waals surface area contributed by atoms with Gasteiger partial charge in [-0.3, -0.25) is 4.68 Å². The lowest BCUT2D eigenvalue weighted by atomic mass is 10.1. The molecule has 36 heavy (non-hydrogen) atoms. The maximum absolute atomic E-state index is 14.7. The minimum Gasteiger partial charge on any atom is -0.480 e. The van der Waals surface area contributed by atoms with Crippen molar-refractivity contribution < 1.29 is 27.9 Å². The number of rotatable bonds is 8. The van der Waals surface area contributed by atoms with Gasteiger partial charge in [0.1, 0.15) is 30.1 Å². The number of nitrogens with zero attached hydrogens (tertiary/aromatic N) is 6. The van der Waals surface area contributed by atoms with E-state index in [-0.39, 0.29) is 36.7 Å². The monoisotopic (exact) mass is 496 g/mol. The van der Waals surface area contributed by atoms with Gasteiger partial charge in [0.25, 0.3) is 0 Å². The zero-order valence-electron chi connectivity index (χ0n) is 19.0. The van der Waals surface area contributed by atoms with Crippen LogP contribution in [0, 0.1) is 11.6 Å². The van der Waals surface area contributed by atoms with E-state index in [1.807, 2.05) is 0 Å². The highest BCUT2D eigenvalue weighted by Crippen LogP contribution is 2.28. The summed E-state index contributed by atoms with van der Waals surface area (Å²) in [6, 6.07) is 9.75. The van der Waals surface area contributed by atoms with Gasteiger partial charge >= 0.3 is 5.97 Å². The normalized spacial score (nSPS) is 14.3. The van der Waals surface area contributed by atoms with Gasteiger partial charge in [0.2, 0.25) is 0 Å². The molecule has 5 rings (SSSR count). The molecule has 0 spiro atoms. The van der Waals surface area contributed by atoms with E-state index in [1.54, 1.807) is 39.9 Å². The largest absolute Gasteiger partial charge is 0.480 e. The summed E-state index contributed by atoms with van der Waals surface area (Å²) in [6.45, 7) is 0.667. The molecule has 1 aliphatic heterocycles. The van der Waals surface area contributed by atoms with E-state index in [2.05, 4.69) is 20.2 Å². The second-order valence-electron chi connectivity index (χ2n) is 8.30. The molecule has 12 heteroatoms. The van der Waals surface area contributed by atoms with E-state index in [0.717, 1.165) is 6.20 Å². The first-order valence-corrected chi connectivity index (χ1v) is 11.3. The van der Waals surface area contributed by atoms with Gasteiger partial charge in [0.15, 0.2) is 17.5 Å². The fourth-order valence-corrected chi connectivity index (χ4v) is 4.11. The third kappa shape index (κ3) is 5.08. The molecule has 0 atom stereocenters. The van der Waals surface area contributed by atoms with Crippen molar-refractivity contribution >= 4 is 11.8 Å². The van der Waals surface area contributed by atoms with Gasteiger partial charge in [-0.15, -0.1) is 0 Å². The minimum atomic E-state index is -1.02. The van der Waals surface area contributed by atoms with Crippen molar-refractivity contribution in [1.29, 1.82) is 0 Å². The highest BCUT2D eigenvalue weighted by atomic mass is 19.1. The van der Waals surface area contributed by atoms with Crippen LogP contribution in [0.15, 0.2) is 53.4 Å². The Bertz CT molecular complexity index is 1350. The first-order valence-electron chi connectivity index (χ1n) is 11.3. The summed E-state index contributed by atoms with van der Waals surface area (Å²) in [5, 5.41) is 17.3. The quantitative estimate of drug-likeness (QED) is 0.391. The third-order valence-electron chi connectivity index (χ3n) is 5.90. The van der Waals surface area contributed by atoms with E-state index < -0.39 is 11.8 Å². The van der Waals surface area contributed by atoms with E-state index in [4.69, 9.17) is 14.4 Å². The molecule has 3 aromatic heterocycles. The first-order chi connectivity index (χ1) is 17.5. The number of ether oxygens (including phenoxy) is 1. The SMILES string of the molecule is O=C(O)COC1CCN(c2nc(-c3cc(-c4ccon4)n(Cc4ccccc4F)n3)ncc2F)CC1. The van der Waals surface area contributed by atoms with Crippen molar-refractivity contribution in [3.05, 3.63) is 66.1 Å². The molecule has 0 radical (unpaired) electrons. The Morgan fingerprint density at radius 1 is 1.14 bits per heavy atom. The number of anilines is 1. The zero-order chi connectivity index (χ0) is 25.1. The Kier molecular flexibility index (Phi) is 6.67. The fraction of sp³-hybridized carbons (Fsp3) is 0.292. The number of carboxylic acid groups (broad SMARTS) is 1. The van der Waals surface area contributed by atoms with E-state index >= 15 is 0 Å². The fourth-order valence-electron chi connectivity index (χ4n) is 4.11. The van der Waals surface area contributed by atoms with Crippen molar-refractivity contribution in [2.75, 3.05) is 24.6 Å². The zero-order valence-corrected chi connectivity index (χ0v) is 19.0. The predicted molar refractivity (Wildman–Crippen MR) is 123 cm³/mol. The van der Waals surface area contributed by atoms with Gasteiger partial charge in [0.05, 0.1) is 24.5 Å². The molecule has 0 unspecified atom stereocenters. The van der Waals surface area contributed by atoms with Crippen molar-refractivity contribution in [3.63, 3.8) is 0 Å². The number of piperidine rings is 1. The Balaban J connectivity index is 1.41. The maximum atomic E-state index is 14.7. The molecule has 1 N–H and O–H groups in total. The summed E-state index contributed by atoms with van der Waals surface area (Å²) in [5.41, 5.74) is 1.86. The summed E-state index contributed by atoms with van der Waals surface area (Å²) in [4.78, 5) is 21.1. The van der Waals surface area contributed by atoms with Crippen LogP contribution in [0.25, 0.3) is 22.9 Å². The molecule has 4 heterocycles. The van der Waals surface area contributed by atoms with Gasteiger partial charge in [0, 0.05) is 24.7 Å². The van der Waals surface area contributed by atoms with Gasteiger partial charge < -0.3 is 19.3 Å². The molecule has 1 aromatic carbocycles. The molecule has 0 bridgehead atoms. The van der Waals surface area contributed by atoms with Crippen LogP contribution >= 0.6 is 0 Å². The van der Waals surface area contributed by atoms with Crippen LogP contribution < -0.4 is 4.90 Å². The summed E-state index contributed by atoms with van der Waals surface area (Å²) in [7, 11) is 0. The third-order valence-corrected chi connectivity index (χ3v) is 5.90. The Hall–Kier alpha value is -4.19. The lowest BCUT2D eigenvalue weighted by molar-refractivity contribution is -0.144. The van der Waals surface area contributed by atoms with E-state index in [9.17, 15) is 13.6 Å². The molecule has 0 aliphatic carbocycles. The summed E-state index contributed by atoms with van der Waals surface area (Å²) in [5.74, 6) is -1.64. The molecule has 4 aromatic rings. The van der Waals surface area contributed by atoms with Crippen LogP contribution in [0.5, 0.6) is 0 Å². The second-order valence-corrected chi connectivity index (χ2v) is 8.30. The number of aromatic nitrogens is 5. The molecular formula is C24H22F2N6O4. The number of carbonyl (C=O) groups is 1. The molecule has 0 saturated carbocycles. The molecule has 1 saturated heterocycles. The molecule has 186 valence electrons. The van der Waals surface area contributed by atoms with Crippen molar-refractivity contribution in [1.82, 2.24) is 24.9 Å². The number of aliphatic carboxylic acids is 1. The van der Waals surface area contributed by atoms with Crippen LogP contribution in [0.4, 0.5) is 14.6 Å². The standard InChI is InChI=1S/C24H22F2N6O4/c25-17-4-2-1-3-15(17)13-32-21(19-7-10-36-30-19)11-20(29-32)23-27-12-18(26)24(28-23)31-8-5-16(6-9-31)35-14-22(33)34/h1-4,7,10-12,16H,5-6,8-9,13-14H2,(H,33,34). The van der Waals surface area contributed by atoms with Crippen molar-refractivity contribution in [2.45, 2.75) is 25.5 Å². The van der Waals surface area contributed by atoms with Crippen LogP contribution in [0.2, 0.25) is 0 Å². The lowest BCUT2D eigenvalue weighted by Gasteiger charge is -2.32. The van der Waals surface area contributed by atoms with Crippen LogP contribution in [0.3, 0.4) is 0 Å². The highest BCUT2D eigenvalue weighted by Gasteiger charge is 2.25. The van der Waals surface area contributed by atoms with Crippen LogP contribution in [-0.2, 0) is 16.1 Å². The Labute approximate surface area is 204 Å². The topological polar surface area (TPSA) is 119 Å². The number of halogens is 2. The predicted octanol–water partition coefficient (Wildman–Crippen LogP) is 3.39. The van der Waals surface area contributed by atoms with Gasteiger partial charge in [-0.2, -0.15) is 5.10 Å². The van der Waals surface area contributed by atoms with Gasteiger partial charge in [-0.25, -0.2) is 23.5 Å². The summed E-state index contributed by atoms with van der Waals surface area (Å²) < 4.78 is 40.9. The summed E-state index contributed by atoms with van der Waals surface area (Å²) >= 11 is 0. The average Bonchev–Trinajstić information content (AvgIpc) is 3.55. The van der Waals surface area contributed by atoms with Crippen LogP contribution in [-0.4, -0.2) is 61.8 Å². The number of benzene rings is 1. The molecule has 1 aliphatic rings. The number of hydrogen-bond acceptors (Lipinski definition) is 8. The Morgan fingerprint density at radius 3 is 2.67 bits per heavy atom. The number of hydrogen-bond donors (Lipinski definition) is 1. The Morgan fingerprint density at radius 2 is 1.94 bits per heavy atom. The molecule has 10 nitrogen and oxygen atoms in total. The second kappa shape index (κ2) is 10.2. The van der Waals surface area contributed by atoms with Crippen LogP contribution in [0.1, 0.15) is 18.4 Å². The van der Waals surface area contributed by atoms with Crippen molar-refractivity contribution in [2.24, 2.45) is 0 Å². The van der Waals surface area contributed by atoms with Gasteiger partial charge in [-0.1, -0.05) is 23.4 Å². The number of carboxylic acids is 1. The average molecular weight is 496 g/mol. The maximum Gasteiger partial charge on any atom is 0.329 e. The molecule has 1 fully saturated rings. The first kappa shape index (κ1) is 23.5. The van der Waals surface area contributed by atoms with E-state index in [0.29, 0.717) is 48.6 Å². The molecule has 0 amide bonds. The smallest absolute Gasteiger partial charge is 0.329 e. The highest BCUT2D eigenvalue weighted by molar-refractivity contribution is 5.68. The van der Waals surface area contributed by atoms with Gasteiger partial charge in [-0.05, 0) is 25.0 Å².